The van der Waals surface area contributed by atoms with Crippen molar-refractivity contribution in [3.63, 3.8) is 0 Å². The van der Waals surface area contributed by atoms with E-state index in [0.29, 0.717) is 32.5 Å². The number of benzene rings is 1. The molecule has 0 bridgehead atoms. The highest BCUT2D eigenvalue weighted by Gasteiger charge is 2.33. The fraction of sp³-hybridized carbons (Fsp3) is 0.538. The molecule has 0 spiro atoms. The van der Waals surface area contributed by atoms with Crippen molar-refractivity contribution < 1.29 is 26.3 Å². The molecule has 0 unspecified atom stereocenters. The Morgan fingerprint density at radius 2 is 1.91 bits per heavy atom. The van der Waals surface area contributed by atoms with Gasteiger partial charge in [0.25, 0.3) is 0 Å². The minimum absolute atomic E-state index is 0.208. The molecule has 0 atom stereocenters. The zero-order valence-electron chi connectivity index (χ0n) is 11.7. The molecule has 1 aromatic rings. The first-order chi connectivity index (χ1) is 10.2. The van der Waals surface area contributed by atoms with Crippen LogP contribution in [0.15, 0.2) is 29.2 Å². The third-order valence-corrected chi connectivity index (χ3v) is 5.48. The first-order valence-corrected chi connectivity index (χ1v) is 8.22. The van der Waals surface area contributed by atoms with Crippen LogP contribution in [-0.4, -0.2) is 38.7 Å². The third-order valence-electron chi connectivity index (χ3n) is 3.58. The minimum atomic E-state index is -4.86. The normalized spacial score (nSPS) is 18.4. The number of hydrogen-bond donors (Lipinski definition) is 1. The predicted molar refractivity (Wildman–Crippen MR) is 73.7 cm³/mol. The lowest BCUT2D eigenvalue weighted by Gasteiger charge is -2.30. The molecule has 1 saturated heterocycles. The number of alkyl halides is 3. The maximum absolute atomic E-state index is 12.5. The van der Waals surface area contributed by atoms with Crippen LogP contribution < -0.4 is 10.5 Å². The SMILES string of the molecule is NCC1CCN(S(=O)(=O)c2cccc(OC(F)(F)F)c2)CC1. The van der Waals surface area contributed by atoms with Crippen LogP contribution in [0.4, 0.5) is 13.2 Å². The van der Waals surface area contributed by atoms with E-state index in [1.165, 1.54) is 16.4 Å². The van der Waals surface area contributed by atoms with Gasteiger partial charge in [-0.1, -0.05) is 6.07 Å². The Bertz CT molecular complexity index is 611. The summed E-state index contributed by atoms with van der Waals surface area (Å²) in [6.07, 6.45) is -3.56. The van der Waals surface area contributed by atoms with E-state index in [9.17, 15) is 21.6 Å². The topological polar surface area (TPSA) is 72.6 Å². The Kier molecular flexibility index (Phi) is 4.98. The van der Waals surface area contributed by atoms with Crippen LogP contribution >= 0.6 is 0 Å². The molecule has 124 valence electrons. The Balaban J connectivity index is 2.18. The summed E-state index contributed by atoms with van der Waals surface area (Å²) in [5, 5.41) is 0. The fourth-order valence-corrected chi connectivity index (χ4v) is 3.87. The molecule has 1 aromatic carbocycles. The number of nitrogens with two attached hydrogens (primary N) is 1. The summed E-state index contributed by atoms with van der Waals surface area (Å²) in [5.41, 5.74) is 5.56. The van der Waals surface area contributed by atoms with Gasteiger partial charge < -0.3 is 10.5 Å². The molecular weight excluding hydrogens is 321 g/mol. The molecule has 1 aliphatic heterocycles. The first-order valence-electron chi connectivity index (χ1n) is 6.78. The van der Waals surface area contributed by atoms with Gasteiger partial charge in [-0.25, -0.2) is 8.42 Å². The summed E-state index contributed by atoms with van der Waals surface area (Å²) >= 11 is 0. The molecule has 0 saturated carbocycles. The van der Waals surface area contributed by atoms with Crippen molar-refractivity contribution in [1.29, 1.82) is 0 Å². The van der Waals surface area contributed by atoms with Crippen LogP contribution in [0.3, 0.4) is 0 Å². The van der Waals surface area contributed by atoms with Gasteiger partial charge in [-0.2, -0.15) is 4.31 Å². The average Bonchev–Trinajstić information content (AvgIpc) is 2.46. The van der Waals surface area contributed by atoms with Gasteiger partial charge in [0.2, 0.25) is 10.0 Å². The fourth-order valence-electron chi connectivity index (χ4n) is 2.37. The van der Waals surface area contributed by atoms with Crippen molar-refractivity contribution in [3.05, 3.63) is 24.3 Å². The summed E-state index contributed by atoms with van der Waals surface area (Å²) in [7, 11) is -3.83. The monoisotopic (exact) mass is 338 g/mol. The van der Waals surface area contributed by atoms with Crippen LogP contribution in [0.5, 0.6) is 5.75 Å². The largest absolute Gasteiger partial charge is 0.573 e. The van der Waals surface area contributed by atoms with E-state index in [2.05, 4.69) is 4.74 Å². The van der Waals surface area contributed by atoms with Gasteiger partial charge in [0.1, 0.15) is 5.75 Å². The molecule has 1 aliphatic rings. The van der Waals surface area contributed by atoms with Crippen molar-refractivity contribution in [1.82, 2.24) is 4.31 Å². The number of sulfonamides is 1. The highest BCUT2D eigenvalue weighted by Crippen LogP contribution is 2.28. The summed E-state index contributed by atoms with van der Waals surface area (Å²) in [6.45, 7) is 1.13. The number of nitrogens with zero attached hydrogens (tertiary/aromatic N) is 1. The van der Waals surface area contributed by atoms with Crippen molar-refractivity contribution in [2.24, 2.45) is 11.7 Å². The van der Waals surface area contributed by atoms with Gasteiger partial charge in [-0.15, -0.1) is 13.2 Å². The van der Waals surface area contributed by atoms with Gasteiger partial charge in [0.15, 0.2) is 0 Å². The summed E-state index contributed by atoms with van der Waals surface area (Å²) < 4.78 is 66.6. The zero-order valence-corrected chi connectivity index (χ0v) is 12.5. The summed E-state index contributed by atoms with van der Waals surface area (Å²) in [4.78, 5) is -0.208. The second-order valence-electron chi connectivity index (χ2n) is 5.11. The lowest BCUT2D eigenvalue weighted by atomic mass is 9.99. The van der Waals surface area contributed by atoms with Gasteiger partial charge in [-0.3, -0.25) is 0 Å². The van der Waals surface area contributed by atoms with Crippen molar-refractivity contribution >= 4 is 10.0 Å². The van der Waals surface area contributed by atoms with Gasteiger partial charge in [0.05, 0.1) is 4.90 Å². The number of halogens is 3. The molecule has 0 aliphatic carbocycles. The van der Waals surface area contributed by atoms with E-state index < -0.39 is 22.1 Å². The number of piperidine rings is 1. The number of hydrogen-bond acceptors (Lipinski definition) is 4. The van der Waals surface area contributed by atoms with Gasteiger partial charge in [0, 0.05) is 19.2 Å². The van der Waals surface area contributed by atoms with Gasteiger partial charge >= 0.3 is 6.36 Å². The average molecular weight is 338 g/mol. The predicted octanol–water partition coefficient (Wildman–Crippen LogP) is 1.94. The molecule has 22 heavy (non-hydrogen) atoms. The van der Waals surface area contributed by atoms with E-state index in [4.69, 9.17) is 5.73 Å². The van der Waals surface area contributed by atoms with E-state index in [-0.39, 0.29) is 10.8 Å². The molecule has 0 amide bonds. The van der Waals surface area contributed by atoms with Gasteiger partial charge in [-0.05, 0) is 37.4 Å². The quantitative estimate of drug-likeness (QED) is 0.911. The molecule has 0 aromatic heterocycles. The zero-order chi connectivity index (χ0) is 16.4. The Labute approximate surface area is 126 Å². The summed E-state index contributed by atoms with van der Waals surface area (Å²) in [6, 6.07) is 4.43. The summed E-state index contributed by atoms with van der Waals surface area (Å²) in [5.74, 6) is -0.267. The van der Waals surface area contributed by atoms with E-state index in [1.807, 2.05) is 0 Å². The van der Waals surface area contributed by atoms with Crippen molar-refractivity contribution in [2.75, 3.05) is 19.6 Å². The lowest BCUT2D eigenvalue weighted by molar-refractivity contribution is -0.274. The van der Waals surface area contributed by atoms with Crippen molar-refractivity contribution in [3.8, 4) is 5.75 Å². The van der Waals surface area contributed by atoms with E-state index >= 15 is 0 Å². The molecule has 2 N–H and O–H groups in total. The maximum atomic E-state index is 12.5. The molecule has 9 heteroatoms. The van der Waals surface area contributed by atoms with Crippen molar-refractivity contribution in [2.45, 2.75) is 24.1 Å². The molecular formula is C13H17F3N2O3S. The Morgan fingerprint density at radius 1 is 1.27 bits per heavy atom. The molecule has 1 fully saturated rings. The molecule has 5 nitrogen and oxygen atoms in total. The van der Waals surface area contributed by atoms with E-state index in [0.717, 1.165) is 12.1 Å². The van der Waals surface area contributed by atoms with Crippen LogP contribution in [-0.2, 0) is 10.0 Å². The first kappa shape index (κ1) is 17.0. The Morgan fingerprint density at radius 3 is 2.45 bits per heavy atom. The second-order valence-corrected chi connectivity index (χ2v) is 7.04. The standard InChI is InChI=1S/C13H17F3N2O3S/c14-13(15,16)21-11-2-1-3-12(8-11)22(19,20)18-6-4-10(9-17)5-7-18/h1-3,8,10H,4-7,9,17H2. The smallest absolute Gasteiger partial charge is 0.406 e. The van der Waals surface area contributed by atoms with Crippen LogP contribution in [0.2, 0.25) is 0 Å². The maximum Gasteiger partial charge on any atom is 0.573 e. The molecule has 0 radical (unpaired) electrons. The lowest BCUT2D eigenvalue weighted by Crippen LogP contribution is -2.40. The highest BCUT2D eigenvalue weighted by atomic mass is 32.2. The number of rotatable bonds is 4. The molecule has 2 rings (SSSR count). The Hall–Kier alpha value is -1.32. The second kappa shape index (κ2) is 6.43. The highest BCUT2D eigenvalue weighted by molar-refractivity contribution is 7.89. The van der Waals surface area contributed by atoms with Crippen LogP contribution in [0.1, 0.15) is 12.8 Å². The molecule has 1 heterocycles. The third kappa shape index (κ3) is 4.11. The van der Waals surface area contributed by atoms with Crippen LogP contribution in [0, 0.1) is 5.92 Å². The minimum Gasteiger partial charge on any atom is -0.406 e. The number of ether oxygens (including phenoxy) is 1. The van der Waals surface area contributed by atoms with Crippen LogP contribution in [0.25, 0.3) is 0 Å². The van der Waals surface area contributed by atoms with E-state index in [1.54, 1.807) is 0 Å².